The van der Waals surface area contributed by atoms with E-state index in [9.17, 15) is 4.79 Å². The lowest BCUT2D eigenvalue weighted by Crippen LogP contribution is -2.46. The van der Waals surface area contributed by atoms with Gasteiger partial charge in [-0.25, -0.2) is 0 Å². The summed E-state index contributed by atoms with van der Waals surface area (Å²) in [6.45, 7) is 6.21. The van der Waals surface area contributed by atoms with Gasteiger partial charge in [-0.3, -0.25) is 4.79 Å². The van der Waals surface area contributed by atoms with Gasteiger partial charge >= 0.3 is 0 Å². The van der Waals surface area contributed by atoms with E-state index in [-0.39, 0.29) is 6.10 Å². The number of amides is 1. The molecule has 4 nitrogen and oxygen atoms in total. The van der Waals surface area contributed by atoms with Crippen LogP contribution < -0.4 is 0 Å². The molecule has 126 valence electrons. The van der Waals surface area contributed by atoms with Crippen molar-refractivity contribution in [1.29, 1.82) is 0 Å². The molecule has 3 heterocycles. The Bertz CT molecular complexity index is 376. The third-order valence-electron chi connectivity index (χ3n) is 5.50. The quantitative estimate of drug-likeness (QED) is 0.795. The van der Waals surface area contributed by atoms with E-state index in [1.165, 1.54) is 0 Å². The Morgan fingerprint density at radius 1 is 1.32 bits per heavy atom. The van der Waals surface area contributed by atoms with Crippen LogP contribution in [-0.4, -0.2) is 61.3 Å². The highest BCUT2D eigenvalue weighted by molar-refractivity contribution is 7.99. The summed E-state index contributed by atoms with van der Waals surface area (Å²) < 4.78 is 11.4. The van der Waals surface area contributed by atoms with Gasteiger partial charge in [0, 0.05) is 25.6 Å². The summed E-state index contributed by atoms with van der Waals surface area (Å²) in [6.07, 6.45) is 5.72. The van der Waals surface area contributed by atoms with Crippen LogP contribution in [-0.2, 0) is 14.3 Å². The maximum atomic E-state index is 12.6. The normalized spacial score (nSPS) is 29.1. The van der Waals surface area contributed by atoms with Gasteiger partial charge in [-0.05, 0) is 55.9 Å². The second-order valence-electron chi connectivity index (χ2n) is 7.01. The molecule has 0 N–H and O–H groups in total. The monoisotopic (exact) mass is 327 g/mol. The number of likely N-dealkylation sites (tertiary alicyclic amines) is 1. The summed E-state index contributed by atoms with van der Waals surface area (Å²) in [4.78, 5) is 14.8. The van der Waals surface area contributed by atoms with E-state index in [1.807, 2.05) is 18.7 Å². The molecular weight excluding hydrogens is 298 g/mol. The van der Waals surface area contributed by atoms with Gasteiger partial charge in [0.25, 0.3) is 0 Å². The lowest BCUT2D eigenvalue weighted by molar-refractivity contribution is -0.138. The van der Waals surface area contributed by atoms with Crippen molar-refractivity contribution in [2.24, 2.45) is 11.3 Å². The molecule has 1 unspecified atom stereocenters. The number of nitrogens with zero attached hydrogens (tertiary/aromatic N) is 1. The van der Waals surface area contributed by atoms with Crippen LogP contribution in [0.15, 0.2) is 0 Å². The van der Waals surface area contributed by atoms with Crippen LogP contribution in [0.2, 0.25) is 0 Å². The smallest absolute Gasteiger partial charge is 0.225 e. The Balaban J connectivity index is 1.47. The van der Waals surface area contributed by atoms with Crippen molar-refractivity contribution in [3.63, 3.8) is 0 Å². The van der Waals surface area contributed by atoms with Gasteiger partial charge in [0.15, 0.2) is 0 Å². The summed E-state index contributed by atoms with van der Waals surface area (Å²) in [6, 6.07) is 0. The van der Waals surface area contributed by atoms with Gasteiger partial charge < -0.3 is 14.4 Å². The van der Waals surface area contributed by atoms with Gasteiger partial charge in [0.2, 0.25) is 5.91 Å². The second-order valence-corrected chi connectivity index (χ2v) is 8.23. The van der Waals surface area contributed by atoms with Crippen LogP contribution >= 0.6 is 11.8 Å². The molecule has 0 aromatic carbocycles. The minimum atomic E-state index is 0.262. The van der Waals surface area contributed by atoms with E-state index in [2.05, 4.69) is 4.90 Å². The molecule has 5 heteroatoms. The topological polar surface area (TPSA) is 38.8 Å². The predicted octanol–water partition coefficient (Wildman–Crippen LogP) is 2.56. The fourth-order valence-electron chi connectivity index (χ4n) is 4.00. The molecule has 3 aliphatic heterocycles. The van der Waals surface area contributed by atoms with Crippen molar-refractivity contribution >= 4 is 17.7 Å². The first kappa shape index (κ1) is 16.6. The lowest BCUT2D eigenvalue weighted by atomic mass is 9.76. The van der Waals surface area contributed by atoms with Crippen molar-refractivity contribution in [3.05, 3.63) is 0 Å². The molecule has 22 heavy (non-hydrogen) atoms. The Hall–Kier alpha value is -0.260. The van der Waals surface area contributed by atoms with Gasteiger partial charge in [-0.1, -0.05) is 0 Å². The Morgan fingerprint density at radius 2 is 2.05 bits per heavy atom. The molecule has 3 rings (SSSR count). The van der Waals surface area contributed by atoms with E-state index in [0.29, 0.717) is 17.2 Å². The average Bonchev–Trinajstić information content (AvgIpc) is 2.96. The van der Waals surface area contributed by atoms with Crippen LogP contribution in [0.1, 0.15) is 39.0 Å². The van der Waals surface area contributed by atoms with Gasteiger partial charge in [0.1, 0.15) is 0 Å². The minimum absolute atomic E-state index is 0.262. The summed E-state index contributed by atoms with van der Waals surface area (Å²) in [7, 11) is 0. The van der Waals surface area contributed by atoms with E-state index < -0.39 is 0 Å². The summed E-state index contributed by atoms with van der Waals surface area (Å²) in [5.74, 6) is 3.02. The molecule has 3 fully saturated rings. The lowest BCUT2D eigenvalue weighted by Gasteiger charge is -2.40. The Morgan fingerprint density at radius 3 is 2.73 bits per heavy atom. The molecule has 0 aromatic rings. The van der Waals surface area contributed by atoms with Crippen LogP contribution in [0.3, 0.4) is 0 Å². The van der Waals surface area contributed by atoms with E-state index in [4.69, 9.17) is 9.47 Å². The highest BCUT2D eigenvalue weighted by Gasteiger charge is 2.43. The fraction of sp³-hybridized carbons (Fsp3) is 0.941. The van der Waals surface area contributed by atoms with E-state index >= 15 is 0 Å². The van der Waals surface area contributed by atoms with Crippen molar-refractivity contribution < 1.29 is 14.3 Å². The first-order valence-electron chi connectivity index (χ1n) is 8.78. The molecule has 0 radical (unpaired) electrons. The van der Waals surface area contributed by atoms with Crippen LogP contribution in [0.5, 0.6) is 0 Å². The zero-order valence-corrected chi connectivity index (χ0v) is 14.5. The molecule has 3 aliphatic rings. The van der Waals surface area contributed by atoms with Gasteiger partial charge in [-0.2, -0.15) is 11.8 Å². The molecule has 0 aromatic heterocycles. The minimum Gasteiger partial charge on any atom is -0.379 e. The molecule has 1 atom stereocenters. The fourth-order valence-corrected chi connectivity index (χ4v) is 5.11. The maximum Gasteiger partial charge on any atom is 0.225 e. The maximum absolute atomic E-state index is 12.6. The molecule has 0 saturated carbocycles. The number of carbonyl (C=O) groups excluding carboxylic acids is 1. The first-order chi connectivity index (χ1) is 10.7. The molecule has 0 aliphatic carbocycles. The largest absolute Gasteiger partial charge is 0.379 e. The molecule has 1 spiro atoms. The van der Waals surface area contributed by atoms with Crippen LogP contribution in [0.4, 0.5) is 0 Å². The third-order valence-corrected chi connectivity index (χ3v) is 6.55. The van der Waals surface area contributed by atoms with Crippen molar-refractivity contribution in [2.45, 2.75) is 45.1 Å². The molecule has 1 amide bonds. The molecule has 0 bridgehead atoms. The molecular formula is C17H29NO3S. The van der Waals surface area contributed by atoms with Crippen molar-refractivity contribution in [3.8, 4) is 0 Å². The number of rotatable bonds is 4. The van der Waals surface area contributed by atoms with Crippen LogP contribution in [0, 0.1) is 11.3 Å². The van der Waals surface area contributed by atoms with Crippen molar-refractivity contribution in [1.82, 2.24) is 4.90 Å². The van der Waals surface area contributed by atoms with E-state index in [1.54, 1.807) is 0 Å². The average molecular weight is 327 g/mol. The third kappa shape index (κ3) is 3.80. The number of piperidine rings is 1. The Labute approximate surface area is 138 Å². The molecule has 3 saturated heterocycles. The second kappa shape index (κ2) is 7.54. The number of ether oxygens (including phenoxy) is 2. The van der Waals surface area contributed by atoms with E-state index in [0.717, 1.165) is 76.5 Å². The van der Waals surface area contributed by atoms with Crippen molar-refractivity contribution in [2.75, 3.05) is 44.4 Å². The SMILES string of the molecule is CCOCC1CC2(CCN(C(=O)C3CCSCC3)CC2)CO1. The van der Waals surface area contributed by atoms with Gasteiger partial charge in [0.05, 0.1) is 19.3 Å². The zero-order valence-electron chi connectivity index (χ0n) is 13.7. The number of hydrogen-bond acceptors (Lipinski definition) is 4. The summed E-state index contributed by atoms with van der Waals surface area (Å²) in [5, 5.41) is 0. The first-order valence-corrected chi connectivity index (χ1v) is 9.94. The van der Waals surface area contributed by atoms with Crippen LogP contribution in [0.25, 0.3) is 0 Å². The highest BCUT2D eigenvalue weighted by atomic mass is 32.2. The number of carbonyl (C=O) groups is 1. The standard InChI is InChI=1S/C17H29NO3S/c1-2-20-12-15-11-17(13-21-15)5-7-18(8-6-17)16(19)14-3-9-22-10-4-14/h14-15H,2-13H2,1H3. The Kier molecular flexibility index (Phi) is 5.69. The van der Waals surface area contributed by atoms with Gasteiger partial charge in [-0.15, -0.1) is 0 Å². The summed E-state index contributed by atoms with van der Waals surface area (Å²) >= 11 is 1.99. The number of hydrogen-bond donors (Lipinski definition) is 0. The summed E-state index contributed by atoms with van der Waals surface area (Å²) in [5.41, 5.74) is 0.307. The highest BCUT2D eigenvalue weighted by Crippen LogP contribution is 2.42. The predicted molar refractivity (Wildman–Crippen MR) is 89.1 cm³/mol. The zero-order chi connectivity index (χ0) is 15.4. The number of thioether (sulfide) groups is 1.